The van der Waals surface area contributed by atoms with E-state index < -0.39 is 0 Å². The van der Waals surface area contributed by atoms with Crippen LogP contribution in [0.15, 0.2) is 35.3 Å². The predicted molar refractivity (Wildman–Crippen MR) is 40.7 cm³/mol. The van der Waals surface area contributed by atoms with Gasteiger partial charge in [-0.1, -0.05) is 30.3 Å². The Bertz CT molecular complexity index is 239. The van der Waals surface area contributed by atoms with E-state index in [0.717, 1.165) is 0 Å². The van der Waals surface area contributed by atoms with E-state index in [4.69, 9.17) is 12.1 Å². The molecule has 0 aliphatic rings. The van der Waals surface area contributed by atoms with Gasteiger partial charge in [0.15, 0.2) is 5.84 Å². The summed E-state index contributed by atoms with van der Waals surface area (Å²) in [7, 11) is 0. The Labute approximate surface area is 59.7 Å². The molecule has 1 aromatic rings. The van der Waals surface area contributed by atoms with E-state index in [-0.39, 0.29) is 5.84 Å². The van der Waals surface area contributed by atoms with Crippen molar-refractivity contribution >= 4 is 12.6 Å². The van der Waals surface area contributed by atoms with Crippen LogP contribution in [0.2, 0.25) is 0 Å². The number of amidine groups is 1. The van der Waals surface area contributed by atoms with Crippen LogP contribution < -0.4 is 0 Å². The zero-order valence-corrected chi connectivity index (χ0v) is 5.33. The van der Waals surface area contributed by atoms with Gasteiger partial charge in [-0.25, -0.2) is 4.99 Å². The molecular weight excluding hydrogens is 124 g/mol. The molecule has 48 valence electrons. The number of hydrogen-bond donors (Lipinski definition) is 1. The van der Waals surface area contributed by atoms with E-state index in [9.17, 15) is 0 Å². The van der Waals surface area contributed by atoms with Crippen molar-refractivity contribution < 1.29 is 0 Å². The summed E-state index contributed by atoms with van der Waals surface area (Å²) in [6, 6.07) is 8.99. The molecule has 0 saturated carbocycles. The van der Waals surface area contributed by atoms with Gasteiger partial charge in [-0.05, 0) is 0 Å². The van der Waals surface area contributed by atoms with Crippen LogP contribution in [0.4, 0.5) is 0 Å². The van der Waals surface area contributed by atoms with Gasteiger partial charge < -0.3 is 0 Å². The largest absolute Gasteiger partial charge is 0.282 e. The summed E-state index contributed by atoms with van der Waals surface area (Å²) in [4.78, 5) is 2.99. The van der Waals surface area contributed by atoms with Crippen molar-refractivity contribution in [1.82, 2.24) is 0 Å². The smallest absolute Gasteiger partial charge is 0.152 e. The second kappa shape index (κ2) is 2.92. The molecule has 0 fully saturated rings. The van der Waals surface area contributed by atoms with Crippen LogP contribution in [0, 0.1) is 5.41 Å². The minimum absolute atomic E-state index is 0.000556. The van der Waals surface area contributed by atoms with Crippen molar-refractivity contribution in [3.8, 4) is 0 Å². The van der Waals surface area contributed by atoms with Crippen molar-refractivity contribution in [2.45, 2.75) is 0 Å². The van der Waals surface area contributed by atoms with Crippen molar-refractivity contribution in [2.24, 2.45) is 4.99 Å². The van der Waals surface area contributed by atoms with E-state index >= 15 is 0 Å². The summed E-state index contributed by atoms with van der Waals surface area (Å²) in [6.45, 7) is 6.55. The summed E-state index contributed by atoms with van der Waals surface area (Å²) in [5, 5.41) is 7.12. The van der Waals surface area contributed by atoms with Crippen LogP contribution in [-0.4, -0.2) is 12.6 Å². The zero-order chi connectivity index (χ0) is 7.40. The molecule has 1 N–H and O–H groups in total. The third kappa shape index (κ3) is 1.29. The Hall–Kier alpha value is -1.44. The maximum Gasteiger partial charge on any atom is 0.152 e. The molecular formula is C8H6N2. The highest BCUT2D eigenvalue weighted by Gasteiger charge is 1.93. The van der Waals surface area contributed by atoms with E-state index in [2.05, 4.69) is 4.99 Å². The highest BCUT2D eigenvalue weighted by Crippen LogP contribution is 1.98. The predicted octanol–water partition coefficient (Wildman–Crippen LogP) is 1.47. The Kier molecular flexibility index (Phi) is 1.95. The van der Waals surface area contributed by atoms with Crippen LogP contribution in [0.1, 0.15) is 5.56 Å². The molecule has 2 radical (unpaired) electrons. The summed E-state index contributed by atoms with van der Waals surface area (Å²) >= 11 is 0. The van der Waals surface area contributed by atoms with Gasteiger partial charge in [-0.3, -0.25) is 5.41 Å². The van der Waals surface area contributed by atoms with Gasteiger partial charge in [0.2, 0.25) is 0 Å². The first-order valence-electron chi connectivity index (χ1n) is 2.86. The van der Waals surface area contributed by atoms with Gasteiger partial charge in [-0.15, -0.1) is 0 Å². The molecule has 0 atom stereocenters. The summed E-state index contributed by atoms with van der Waals surface area (Å²) in [6.07, 6.45) is 0. The van der Waals surface area contributed by atoms with Crippen LogP contribution in [-0.2, 0) is 0 Å². The summed E-state index contributed by atoms with van der Waals surface area (Å²) < 4.78 is 0. The lowest BCUT2D eigenvalue weighted by Gasteiger charge is -1.93. The molecule has 10 heavy (non-hydrogen) atoms. The Balaban J connectivity index is 2.95. The van der Waals surface area contributed by atoms with E-state index in [1.165, 1.54) is 0 Å². The molecule has 0 aliphatic carbocycles. The van der Waals surface area contributed by atoms with Gasteiger partial charge in [-0.2, -0.15) is 0 Å². The SMILES string of the molecule is [C]=NC(=N)c1ccccc1. The Morgan fingerprint density at radius 2 is 1.90 bits per heavy atom. The van der Waals surface area contributed by atoms with Crippen molar-refractivity contribution in [3.63, 3.8) is 0 Å². The Morgan fingerprint density at radius 1 is 1.30 bits per heavy atom. The summed E-state index contributed by atoms with van der Waals surface area (Å²) in [5.74, 6) is 0.000556. The number of nitrogens with one attached hydrogen (secondary N) is 1. The maximum absolute atomic E-state index is 7.12. The molecule has 0 heterocycles. The van der Waals surface area contributed by atoms with E-state index in [1.54, 1.807) is 12.1 Å². The highest BCUT2D eigenvalue weighted by atomic mass is 14.8. The molecule has 0 saturated heterocycles. The minimum atomic E-state index is 0.000556. The number of aliphatic imine (C=N–C) groups is 1. The molecule has 2 heteroatoms. The molecule has 0 aromatic heterocycles. The van der Waals surface area contributed by atoms with E-state index in [0.29, 0.717) is 5.56 Å². The molecule has 0 spiro atoms. The van der Waals surface area contributed by atoms with Crippen molar-refractivity contribution in [3.05, 3.63) is 35.9 Å². The lowest BCUT2D eigenvalue weighted by atomic mass is 10.2. The third-order valence-corrected chi connectivity index (χ3v) is 1.16. The zero-order valence-electron chi connectivity index (χ0n) is 5.33. The summed E-state index contributed by atoms with van der Waals surface area (Å²) in [5.41, 5.74) is 0.678. The fraction of sp³-hybridized carbons (Fsp3) is 0. The average Bonchev–Trinajstić information content (AvgIpc) is 2.05. The molecule has 1 rings (SSSR count). The topological polar surface area (TPSA) is 36.2 Å². The standard InChI is InChI=1S/C8H6N2/c1-10-8(9)7-5-3-2-4-6-7/h2-6,9H. The van der Waals surface area contributed by atoms with Gasteiger partial charge in [0, 0.05) is 5.56 Å². The molecule has 0 unspecified atom stereocenters. The van der Waals surface area contributed by atoms with Crippen LogP contribution in [0.3, 0.4) is 0 Å². The number of hydrogen-bond acceptors (Lipinski definition) is 1. The highest BCUT2D eigenvalue weighted by molar-refractivity contribution is 5.98. The van der Waals surface area contributed by atoms with Gasteiger partial charge in [0.05, 0.1) is 0 Å². The normalized spacial score (nSPS) is 8.80. The quantitative estimate of drug-likeness (QED) is 0.441. The second-order valence-corrected chi connectivity index (χ2v) is 1.83. The average molecular weight is 130 g/mol. The maximum atomic E-state index is 7.12. The van der Waals surface area contributed by atoms with Crippen molar-refractivity contribution in [1.29, 1.82) is 5.41 Å². The Morgan fingerprint density at radius 3 is 2.40 bits per heavy atom. The monoisotopic (exact) mass is 130 g/mol. The molecule has 2 nitrogen and oxygen atoms in total. The molecule has 0 amide bonds. The second-order valence-electron chi connectivity index (χ2n) is 1.83. The fourth-order valence-corrected chi connectivity index (χ4v) is 0.661. The first kappa shape index (κ1) is 6.68. The minimum Gasteiger partial charge on any atom is -0.282 e. The van der Waals surface area contributed by atoms with Crippen molar-refractivity contribution in [2.75, 3.05) is 0 Å². The lowest BCUT2D eigenvalue weighted by Crippen LogP contribution is -1.91. The van der Waals surface area contributed by atoms with Crippen LogP contribution in [0.25, 0.3) is 0 Å². The first-order chi connectivity index (χ1) is 4.84. The fourth-order valence-electron chi connectivity index (χ4n) is 0.661. The molecule has 1 aromatic carbocycles. The number of rotatable bonds is 1. The molecule has 0 aliphatic heterocycles. The van der Waals surface area contributed by atoms with Crippen LogP contribution in [0.5, 0.6) is 0 Å². The number of benzene rings is 1. The van der Waals surface area contributed by atoms with Gasteiger partial charge in [0.1, 0.15) is 6.72 Å². The first-order valence-corrected chi connectivity index (χ1v) is 2.86. The lowest BCUT2D eigenvalue weighted by molar-refractivity contribution is 1.43. The molecule has 0 bridgehead atoms. The van der Waals surface area contributed by atoms with Gasteiger partial charge >= 0.3 is 0 Å². The number of nitrogens with zero attached hydrogens (tertiary/aromatic N) is 1. The van der Waals surface area contributed by atoms with Gasteiger partial charge in [0.25, 0.3) is 0 Å². The van der Waals surface area contributed by atoms with Crippen LogP contribution >= 0.6 is 0 Å². The van der Waals surface area contributed by atoms with E-state index in [1.807, 2.05) is 18.2 Å². The third-order valence-electron chi connectivity index (χ3n) is 1.16.